The molecule has 2 aromatic carbocycles. The first kappa shape index (κ1) is 22.2. The molecule has 0 saturated heterocycles. The van der Waals surface area contributed by atoms with Gasteiger partial charge in [0.05, 0.1) is 24.3 Å². The lowest BCUT2D eigenvalue weighted by Crippen LogP contribution is -2.03. The van der Waals surface area contributed by atoms with Crippen LogP contribution in [0.2, 0.25) is 0 Å². The minimum atomic E-state index is -3.64. The number of benzene rings is 2. The molecule has 0 atom stereocenters. The van der Waals surface area contributed by atoms with E-state index in [1.807, 2.05) is 49.4 Å². The van der Waals surface area contributed by atoms with Crippen molar-refractivity contribution < 1.29 is 17.3 Å². The number of hydrogen-bond acceptors (Lipinski definition) is 6. The Hall–Kier alpha value is -2.48. The van der Waals surface area contributed by atoms with Crippen LogP contribution in [0.25, 0.3) is 16.6 Å². The zero-order valence-corrected chi connectivity index (χ0v) is 18.5. The molecule has 0 bridgehead atoms. The van der Waals surface area contributed by atoms with Gasteiger partial charge in [0.2, 0.25) is 0 Å². The lowest BCUT2D eigenvalue weighted by Gasteiger charge is -2.05. The first-order valence-corrected chi connectivity index (χ1v) is 12.2. The molecule has 5 nitrogen and oxygen atoms in total. The number of nitrogens with zero attached hydrogens (tertiary/aromatic N) is 1. The third kappa shape index (κ3) is 7.09. The molecule has 0 aliphatic heterocycles. The number of thiazole rings is 1. The van der Waals surface area contributed by atoms with Crippen LogP contribution in [0.1, 0.15) is 31.0 Å². The Balaban J connectivity index is 1.47. The van der Waals surface area contributed by atoms with Gasteiger partial charge in [-0.3, -0.25) is 4.18 Å². The summed E-state index contributed by atoms with van der Waals surface area (Å²) in [6, 6.07) is 17.4. The number of unbranched alkanes of at least 4 members (excludes halogenated alkanes) is 1. The van der Waals surface area contributed by atoms with Gasteiger partial charge < -0.3 is 4.74 Å². The summed E-state index contributed by atoms with van der Waals surface area (Å²) >= 11 is 1.63. The Morgan fingerprint density at radius 3 is 2.53 bits per heavy atom. The summed E-state index contributed by atoms with van der Waals surface area (Å²) in [4.78, 5) is 4.66. The summed E-state index contributed by atoms with van der Waals surface area (Å²) in [5.74, 6) is 0.729. The average molecular weight is 444 g/mol. The number of hydrogen-bond donors (Lipinski definition) is 0. The summed E-state index contributed by atoms with van der Waals surface area (Å²) in [7, 11) is -3.64. The Morgan fingerprint density at radius 2 is 1.80 bits per heavy atom. The molecule has 1 heterocycles. The molecule has 30 heavy (non-hydrogen) atoms. The Bertz CT molecular complexity index is 1040. The predicted octanol–water partition coefficient (Wildman–Crippen LogP) is 5.55. The fraction of sp³-hybridized carbons (Fsp3) is 0.261. The second-order valence-electron chi connectivity index (χ2n) is 6.65. The topological polar surface area (TPSA) is 65.5 Å². The SMILES string of the molecule is CCCCOS(=O)(=O)/C=C/c1ccc(OCCc2csc(-c3ccccc3)n2)cc1. The highest BCUT2D eigenvalue weighted by atomic mass is 32.2. The molecular formula is C23H25NO4S2. The van der Waals surface area contributed by atoms with Gasteiger partial charge in [-0.05, 0) is 30.2 Å². The Kier molecular flexibility index (Phi) is 8.19. The van der Waals surface area contributed by atoms with Gasteiger partial charge in [-0.2, -0.15) is 8.42 Å². The van der Waals surface area contributed by atoms with Gasteiger partial charge in [0, 0.05) is 17.4 Å². The molecule has 0 unspecified atom stereocenters. The molecule has 7 heteroatoms. The summed E-state index contributed by atoms with van der Waals surface area (Å²) in [5.41, 5.74) is 2.89. The first-order valence-electron chi connectivity index (χ1n) is 9.86. The average Bonchev–Trinajstić information content (AvgIpc) is 3.23. The minimum Gasteiger partial charge on any atom is -0.493 e. The molecule has 0 fully saturated rings. The van der Waals surface area contributed by atoms with Crippen LogP contribution in [0.15, 0.2) is 65.4 Å². The van der Waals surface area contributed by atoms with Gasteiger partial charge in [-0.25, -0.2) is 4.98 Å². The predicted molar refractivity (Wildman–Crippen MR) is 122 cm³/mol. The van der Waals surface area contributed by atoms with Crippen molar-refractivity contribution in [1.82, 2.24) is 4.98 Å². The summed E-state index contributed by atoms with van der Waals surface area (Å²) < 4.78 is 34.2. The van der Waals surface area contributed by atoms with E-state index in [1.54, 1.807) is 11.3 Å². The quantitative estimate of drug-likeness (QED) is 0.287. The van der Waals surface area contributed by atoms with Crippen molar-refractivity contribution in [3.05, 3.63) is 76.6 Å². The third-order valence-electron chi connectivity index (χ3n) is 4.25. The van der Waals surface area contributed by atoms with E-state index in [4.69, 9.17) is 8.92 Å². The van der Waals surface area contributed by atoms with E-state index in [0.29, 0.717) is 13.0 Å². The second-order valence-corrected chi connectivity index (χ2v) is 9.00. The fourth-order valence-electron chi connectivity index (χ4n) is 2.60. The third-order valence-corrected chi connectivity index (χ3v) is 6.16. The summed E-state index contributed by atoms with van der Waals surface area (Å²) in [6.07, 6.45) is 3.84. The maximum atomic E-state index is 11.8. The van der Waals surface area contributed by atoms with Crippen molar-refractivity contribution in [3.8, 4) is 16.3 Å². The first-order chi connectivity index (χ1) is 14.6. The molecule has 0 saturated carbocycles. The summed E-state index contributed by atoms with van der Waals surface area (Å²) in [6.45, 7) is 2.71. The smallest absolute Gasteiger partial charge is 0.290 e. The zero-order valence-electron chi connectivity index (χ0n) is 16.9. The van der Waals surface area contributed by atoms with E-state index in [2.05, 4.69) is 22.5 Å². The number of ether oxygens (including phenoxy) is 1. The molecule has 1 aromatic heterocycles. The van der Waals surface area contributed by atoms with E-state index in [0.717, 1.165) is 45.8 Å². The highest BCUT2D eigenvalue weighted by Gasteiger charge is 2.06. The van der Waals surface area contributed by atoms with Crippen LogP contribution in [0.3, 0.4) is 0 Å². The van der Waals surface area contributed by atoms with Crippen molar-refractivity contribution in [2.75, 3.05) is 13.2 Å². The second kappa shape index (κ2) is 11.1. The van der Waals surface area contributed by atoms with E-state index < -0.39 is 10.1 Å². The summed E-state index contributed by atoms with van der Waals surface area (Å²) in [5, 5.41) is 4.16. The van der Waals surface area contributed by atoms with Crippen LogP contribution in [-0.4, -0.2) is 26.6 Å². The van der Waals surface area contributed by atoms with Crippen LogP contribution in [-0.2, 0) is 20.7 Å². The lowest BCUT2D eigenvalue weighted by molar-refractivity contribution is 0.316. The van der Waals surface area contributed by atoms with Crippen LogP contribution < -0.4 is 4.74 Å². The highest BCUT2D eigenvalue weighted by Crippen LogP contribution is 2.23. The molecule has 0 N–H and O–H groups in total. The van der Waals surface area contributed by atoms with Gasteiger partial charge in [0.1, 0.15) is 10.8 Å². The van der Waals surface area contributed by atoms with Crippen LogP contribution in [0, 0.1) is 0 Å². The van der Waals surface area contributed by atoms with Crippen molar-refractivity contribution >= 4 is 27.5 Å². The van der Waals surface area contributed by atoms with Gasteiger partial charge in [-0.15, -0.1) is 11.3 Å². The maximum absolute atomic E-state index is 11.8. The van der Waals surface area contributed by atoms with Crippen LogP contribution in [0.5, 0.6) is 5.75 Å². The molecule has 0 amide bonds. The van der Waals surface area contributed by atoms with Crippen molar-refractivity contribution in [2.24, 2.45) is 0 Å². The largest absolute Gasteiger partial charge is 0.493 e. The molecule has 3 aromatic rings. The molecule has 0 aliphatic rings. The lowest BCUT2D eigenvalue weighted by atomic mass is 10.2. The standard InChI is InChI=1S/C23H25NO4S2/c1-2-3-15-28-30(25,26)17-14-19-9-11-22(12-10-19)27-16-13-21-18-29-23(24-21)20-7-5-4-6-8-20/h4-12,14,17-18H,2-3,13,15-16H2,1H3/b17-14+. The Labute approximate surface area is 182 Å². The number of aromatic nitrogens is 1. The van der Waals surface area contributed by atoms with E-state index in [-0.39, 0.29) is 6.61 Å². The maximum Gasteiger partial charge on any atom is 0.290 e. The number of rotatable bonds is 11. The van der Waals surface area contributed by atoms with Crippen LogP contribution >= 0.6 is 11.3 Å². The minimum absolute atomic E-state index is 0.210. The van der Waals surface area contributed by atoms with Crippen molar-refractivity contribution in [3.63, 3.8) is 0 Å². The van der Waals surface area contributed by atoms with Crippen molar-refractivity contribution in [2.45, 2.75) is 26.2 Å². The zero-order chi connectivity index (χ0) is 21.2. The van der Waals surface area contributed by atoms with Gasteiger partial charge in [-0.1, -0.05) is 55.8 Å². The fourth-order valence-corrected chi connectivity index (χ4v) is 4.22. The van der Waals surface area contributed by atoms with Gasteiger partial charge in [0.25, 0.3) is 10.1 Å². The van der Waals surface area contributed by atoms with Gasteiger partial charge in [0.15, 0.2) is 0 Å². The van der Waals surface area contributed by atoms with E-state index in [9.17, 15) is 8.42 Å². The highest BCUT2D eigenvalue weighted by molar-refractivity contribution is 7.89. The van der Waals surface area contributed by atoms with Crippen LogP contribution in [0.4, 0.5) is 0 Å². The molecule has 0 radical (unpaired) electrons. The molecular weight excluding hydrogens is 418 g/mol. The van der Waals surface area contributed by atoms with E-state index >= 15 is 0 Å². The molecule has 0 spiro atoms. The van der Waals surface area contributed by atoms with Crippen molar-refractivity contribution in [1.29, 1.82) is 0 Å². The van der Waals surface area contributed by atoms with Gasteiger partial charge >= 0.3 is 0 Å². The molecule has 0 aliphatic carbocycles. The Morgan fingerprint density at radius 1 is 1.03 bits per heavy atom. The normalized spacial score (nSPS) is 11.8. The monoisotopic (exact) mass is 443 g/mol. The molecule has 158 valence electrons. The van der Waals surface area contributed by atoms with E-state index in [1.165, 1.54) is 6.08 Å². The molecule has 3 rings (SSSR count).